The number of anilines is 1. The Balaban J connectivity index is 1.39. The Morgan fingerprint density at radius 3 is 2.76 bits per heavy atom. The summed E-state index contributed by atoms with van der Waals surface area (Å²) in [7, 11) is 0. The lowest BCUT2D eigenvalue weighted by atomic mass is 10.1. The fraction of sp³-hybridized carbons (Fsp3) is 0.278. The van der Waals surface area contributed by atoms with Gasteiger partial charge in [-0.2, -0.15) is 0 Å². The van der Waals surface area contributed by atoms with Gasteiger partial charge in [0.2, 0.25) is 0 Å². The van der Waals surface area contributed by atoms with Crippen LogP contribution in [-0.4, -0.2) is 30.9 Å². The minimum absolute atomic E-state index is 0.275. The number of esters is 1. The molecule has 0 saturated carbocycles. The Morgan fingerprint density at radius 1 is 1.12 bits per heavy atom. The lowest BCUT2D eigenvalue weighted by Gasteiger charge is -2.08. The molecule has 7 heteroatoms. The maximum absolute atomic E-state index is 11.9. The van der Waals surface area contributed by atoms with Crippen molar-refractivity contribution >= 4 is 34.8 Å². The van der Waals surface area contributed by atoms with E-state index in [1.807, 2.05) is 18.2 Å². The molecule has 0 radical (unpaired) electrons. The SMILES string of the molecule is O=C(COC(=O)CNC(=O)c1cccs1)Nc1ccc2c(c1)CCC2. The van der Waals surface area contributed by atoms with Crippen LogP contribution in [0.4, 0.5) is 5.69 Å². The molecule has 130 valence electrons. The van der Waals surface area contributed by atoms with E-state index in [1.54, 1.807) is 17.5 Å². The summed E-state index contributed by atoms with van der Waals surface area (Å²) in [5, 5.41) is 6.94. The van der Waals surface area contributed by atoms with Crippen molar-refractivity contribution in [1.29, 1.82) is 0 Å². The van der Waals surface area contributed by atoms with Crippen LogP contribution in [0.5, 0.6) is 0 Å². The van der Waals surface area contributed by atoms with Crippen molar-refractivity contribution in [3.05, 3.63) is 51.7 Å². The van der Waals surface area contributed by atoms with Gasteiger partial charge in [-0.1, -0.05) is 12.1 Å². The largest absolute Gasteiger partial charge is 0.454 e. The summed E-state index contributed by atoms with van der Waals surface area (Å²) in [6.07, 6.45) is 3.25. The molecule has 0 fully saturated rings. The Kier molecular flexibility index (Phi) is 5.45. The molecule has 6 nitrogen and oxygen atoms in total. The second-order valence-corrected chi connectivity index (χ2v) is 6.65. The summed E-state index contributed by atoms with van der Waals surface area (Å²) >= 11 is 1.28. The van der Waals surface area contributed by atoms with Crippen LogP contribution in [0, 0.1) is 0 Å². The van der Waals surface area contributed by atoms with Gasteiger partial charge >= 0.3 is 5.97 Å². The van der Waals surface area contributed by atoms with Gasteiger partial charge in [-0.15, -0.1) is 11.3 Å². The minimum atomic E-state index is -0.658. The lowest BCUT2D eigenvalue weighted by molar-refractivity contribution is -0.146. The van der Waals surface area contributed by atoms with E-state index < -0.39 is 11.9 Å². The predicted octanol–water partition coefficient (Wildman–Crippen LogP) is 2.15. The van der Waals surface area contributed by atoms with E-state index in [-0.39, 0.29) is 19.1 Å². The van der Waals surface area contributed by atoms with Crippen molar-refractivity contribution in [2.24, 2.45) is 0 Å². The number of fused-ring (bicyclic) bond motifs is 1. The summed E-state index contributed by atoms with van der Waals surface area (Å²) in [6, 6.07) is 9.25. The number of hydrogen-bond acceptors (Lipinski definition) is 5. The summed E-state index contributed by atoms with van der Waals surface area (Å²) in [5.41, 5.74) is 3.28. The maximum atomic E-state index is 11.9. The Morgan fingerprint density at radius 2 is 1.96 bits per heavy atom. The summed E-state index contributed by atoms with van der Waals surface area (Å²) in [5.74, 6) is -1.40. The molecule has 0 aliphatic heterocycles. The van der Waals surface area contributed by atoms with E-state index >= 15 is 0 Å². The third kappa shape index (κ3) is 4.67. The van der Waals surface area contributed by atoms with Crippen LogP contribution in [0.15, 0.2) is 35.7 Å². The topological polar surface area (TPSA) is 84.5 Å². The number of aryl methyl sites for hydroxylation is 2. The molecule has 1 heterocycles. The zero-order valence-corrected chi connectivity index (χ0v) is 14.4. The fourth-order valence-corrected chi connectivity index (χ4v) is 3.33. The van der Waals surface area contributed by atoms with E-state index in [1.165, 1.54) is 22.5 Å². The van der Waals surface area contributed by atoms with Crippen LogP contribution in [0.3, 0.4) is 0 Å². The van der Waals surface area contributed by atoms with E-state index in [0.29, 0.717) is 10.6 Å². The first-order valence-corrected chi connectivity index (χ1v) is 8.89. The van der Waals surface area contributed by atoms with Gasteiger partial charge in [0, 0.05) is 5.69 Å². The molecule has 0 saturated heterocycles. The maximum Gasteiger partial charge on any atom is 0.325 e. The van der Waals surface area contributed by atoms with Crippen molar-refractivity contribution in [2.75, 3.05) is 18.5 Å². The fourth-order valence-electron chi connectivity index (χ4n) is 2.69. The van der Waals surface area contributed by atoms with E-state index in [2.05, 4.69) is 10.6 Å². The van der Waals surface area contributed by atoms with Gasteiger partial charge in [-0.3, -0.25) is 14.4 Å². The molecule has 1 aromatic carbocycles. The molecule has 1 aliphatic rings. The molecule has 0 spiro atoms. The van der Waals surface area contributed by atoms with Crippen LogP contribution in [0.2, 0.25) is 0 Å². The van der Waals surface area contributed by atoms with Crippen molar-refractivity contribution < 1.29 is 19.1 Å². The highest BCUT2D eigenvalue weighted by Gasteiger charge is 2.13. The molecule has 2 aromatic rings. The number of nitrogens with one attached hydrogen (secondary N) is 2. The average Bonchev–Trinajstić information content (AvgIpc) is 3.28. The van der Waals surface area contributed by atoms with Gasteiger partial charge in [-0.05, 0) is 54.0 Å². The van der Waals surface area contributed by atoms with E-state index in [9.17, 15) is 14.4 Å². The predicted molar refractivity (Wildman–Crippen MR) is 94.7 cm³/mol. The number of thiophene rings is 1. The minimum Gasteiger partial charge on any atom is -0.454 e. The Bertz CT molecular complexity index is 786. The summed E-state index contributed by atoms with van der Waals surface area (Å²) in [4.78, 5) is 35.7. The van der Waals surface area contributed by atoms with Gasteiger partial charge in [0.05, 0.1) is 4.88 Å². The van der Waals surface area contributed by atoms with Crippen LogP contribution < -0.4 is 10.6 Å². The third-order valence-corrected chi connectivity index (χ3v) is 4.75. The number of carbonyl (C=O) groups is 3. The quantitative estimate of drug-likeness (QED) is 0.775. The van der Waals surface area contributed by atoms with Gasteiger partial charge in [-0.25, -0.2) is 0 Å². The van der Waals surface area contributed by atoms with Crippen LogP contribution in [0.1, 0.15) is 27.2 Å². The second-order valence-electron chi connectivity index (χ2n) is 5.71. The molecule has 1 aliphatic carbocycles. The second kappa shape index (κ2) is 7.94. The van der Waals surface area contributed by atoms with Gasteiger partial charge in [0.1, 0.15) is 6.54 Å². The van der Waals surface area contributed by atoms with Crippen molar-refractivity contribution in [3.8, 4) is 0 Å². The molecule has 2 amide bonds. The van der Waals surface area contributed by atoms with Crippen molar-refractivity contribution in [3.63, 3.8) is 0 Å². The lowest BCUT2D eigenvalue weighted by Crippen LogP contribution is -2.31. The smallest absolute Gasteiger partial charge is 0.325 e. The van der Waals surface area contributed by atoms with Gasteiger partial charge < -0.3 is 15.4 Å². The summed E-state index contributed by atoms with van der Waals surface area (Å²) < 4.78 is 4.87. The van der Waals surface area contributed by atoms with Crippen molar-refractivity contribution in [2.45, 2.75) is 19.3 Å². The number of benzene rings is 1. The van der Waals surface area contributed by atoms with Crippen LogP contribution >= 0.6 is 11.3 Å². The highest BCUT2D eigenvalue weighted by atomic mass is 32.1. The Hall–Kier alpha value is -2.67. The first-order chi connectivity index (χ1) is 12.1. The normalized spacial score (nSPS) is 12.3. The number of carbonyl (C=O) groups excluding carboxylic acids is 3. The molecule has 0 bridgehead atoms. The number of ether oxygens (including phenoxy) is 1. The van der Waals surface area contributed by atoms with Gasteiger partial charge in [0.15, 0.2) is 6.61 Å². The molecule has 0 atom stereocenters. The third-order valence-electron chi connectivity index (χ3n) is 3.88. The number of amides is 2. The number of hydrogen-bond donors (Lipinski definition) is 2. The molecular weight excluding hydrogens is 340 g/mol. The summed E-state index contributed by atoms with van der Waals surface area (Å²) in [6.45, 7) is -0.659. The molecule has 3 rings (SSSR count). The molecule has 2 N–H and O–H groups in total. The first kappa shape index (κ1) is 17.2. The van der Waals surface area contributed by atoms with Gasteiger partial charge in [0.25, 0.3) is 11.8 Å². The molecular formula is C18H18N2O4S. The highest BCUT2D eigenvalue weighted by molar-refractivity contribution is 7.12. The average molecular weight is 358 g/mol. The van der Waals surface area contributed by atoms with E-state index in [0.717, 1.165) is 19.3 Å². The highest BCUT2D eigenvalue weighted by Crippen LogP contribution is 2.24. The zero-order valence-electron chi connectivity index (χ0n) is 13.5. The molecule has 0 unspecified atom stereocenters. The van der Waals surface area contributed by atoms with E-state index in [4.69, 9.17) is 4.74 Å². The monoisotopic (exact) mass is 358 g/mol. The first-order valence-electron chi connectivity index (χ1n) is 8.01. The zero-order chi connectivity index (χ0) is 17.6. The Labute approximate surface area is 149 Å². The van der Waals surface area contributed by atoms with Crippen LogP contribution in [0.25, 0.3) is 0 Å². The standard InChI is InChI=1S/C18H18N2O4S/c21-16(20-14-7-6-12-3-1-4-13(12)9-14)11-24-17(22)10-19-18(23)15-5-2-8-25-15/h2,5-9H,1,3-4,10-11H2,(H,19,23)(H,20,21). The van der Waals surface area contributed by atoms with Crippen LogP contribution in [-0.2, 0) is 27.2 Å². The van der Waals surface area contributed by atoms with Crippen molar-refractivity contribution in [1.82, 2.24) is 5.32 Å². The molecule has 1 aromatic heterocycles. The molecule has 25 heavy (non-hydrogen) atoms. The number of rotatable bonds is 6.